The molecule has 0 aliphatic heterocycles. The van der Waals surface area contributed by atoms with Gasteiger partial charge in [0.05, 0.1) is 12.2 Å². The van der Waals surface area contributed by atoms with E-state index in [0.717, 1.165) is 38.5 Å². The zero-order chi connectivity index (χ0) is 18.2. The number of carbonyl (C=O) groups excluding carboxylic acids is 1. The predicted molar refractivity (Wildman–Crippen MR) is 94.7 cm³/mol. The Morgan fingerprint density at radius 3 is 2.56 bits per heavy atom. The highest BCUT2D eigenvalue weighted by Gasteiger charge is 2.68. The summed E-state index contributed by atoms with van der Waals surface area (Å²) in [6, 6.07) is 0. The molecule has 0 spiro atoms. The number of aliphatic hydroxyl groups is 3. The summed E-state index contributed by atoms with van der Waals surface area (Å²) in [7, 11) is 0. The van der Waals surface area contributed by atoms with E-state index >= 15 is 0 Å². The fourth-order valence-corrected chi connectivity index (χ4v) is 7.30. The van der Waals surface area contributed by atoms with Crippen LogP contribution in [0.5, 0.6) is 0 Å². The summed E-state index contributed by atoms with van der Waals surface area (Å²) in [5.41, 5.74) is -0.590. The zero-order valence-electron chi connectivity index (χ0n) is 15.7. The van der Waals surface area contributed by atoms with Crippen LogP contribution in [0.4, 0.5) is 0 Å². The van der Waals surface area contributed by atoms with Crippen molar-refractivity contribution in [2.24, 2.45) is 28.6 Å². The van der Waals surface area contributed by atoms with Gasteiger partial charge in [-0.15, -0.1) is 0 Å². The summed E-state index contributed by atoms with van der Waals surface area (Å²) >= 11 is 0. The first-order valence-corrected chi connectivity index (χ1v) is 9.93. The van der Waals surface area contributed by atoms with Crippen LogP contribution >= 0.6 is 0 Å². The first kappa shape index (κ1) is 17.7. The number of fused-ring (bicyclic) bond motifs is 5. The van der Waals surface area contributed by atoms with Crippen molar-refractivity contribution in [3.05, 3.63) is 11.6 Å². The molecule has 4 aliphatic carbocycles. The van der Waals surface area contributed by atoms with Crippen LogP contribution < -0.4 is 0 Å². The molecule has 4 heteroatoms. The SMILES string of the molecule is CC(=O)[C@@]1(O)[C@H](O)C[C@H]2[C@@H]3CC=C4C[C@@H](O)CC[C@]4(C)[C@H]3CC[C@@]21C. The van der Waals surface area contributed by atoms with E-state index in [1.165, 1.54) is 12.5 Å². The minimum Gasteiger partial charge on any atom is -0.393 e. The van der Waals surface area contributed by atoms with E-state index in [1.807, 2.05) is 6.92 Å². The van der Waals surface area contributed by atoms with E-state index < -0.39 is 17.1 Å². The van der Waals surface area contributed by atoms with Crippen molar-refractivity contribution in [3.8, 4) is 0 Å². The minimum atomic E-state index is -1.60. The molecular weight excluding hydrogens is 316 g/mol. The van der Waals surface area contributed by atoms with Gasteiger partial charge in [0, 0.05) is 5.41 Å². The van der Waals surface area contributed by atoms with Gasteiger partial charge in [0.15, 0.2) is 11.4 Å². The number of Topliss-reactive ketones (excluding diaryl/α,β-unsaturated/α-hetero) is 1. The van der Waals surface area contributed by atoms with Crippen molar-refractivity contribution in [3.63, 3.8) is 0 Å². The summed E-state index contributed by atoms with van der Waals surface area (Å²) in [4.78, 5) is 12.3. The summed E-state index contributed by atoms with van der Waals surface area (Å²) in [6.45, 7) is 5.80. The van der Waals surface area contributed by atoms with E-state index in [4.69, 9.17) is 0 Å². The lowest BCUT2D eigenvalue weighted by molar-refractivity contribution is -0.173. The number of rotatable bonds is 1. The van der Waals surface area contributed by atoms with Crippen LogP contribution in [0, 0.1) is 28.6 Å². The molecule has 3 fully saturated rings. The van der Waals surface area contributed by atoms with Gasteiger partial charge in [-0.3, -0.25) is 4.79 Å². The maximum absolute atomic E-state index is 12.3. The molecule has 140 valence electrons. The summed E-state index contributed by atoms with van der Waals surface area (Å²) < 4.78 is 0. The first-order valence-electron chi connectivity index (χ1n) is 9.93. The maximum atomic E-state index is 12.3. The molecule has 4 aliphatic rings. The molecule has 0 radical (unpaired) electrons. The second-order valence-corrected chi connectivity index (χ2v) is 9.69. The quantitative estimate of drug-likeness (QED) is 0.637. The number of carbonyl (C=O) groups is 1. The van der Waals surface area contributed by atoms with E-state index in [0.29, 0.717) is 18.3 Å². The first-order chi connectivity index (χ1) is 11.6. The lowest BCUT2D eigenvalue weighted by Gasteiger charge is -2.58. The van der Waals surface area contributed by atoms with Gasteiger partial charge in [0.25, 0.3) is 0 Å². The van der Waals surface area contributed by atoms with Gasteiger partial charge in [-0.05, 0) is 75.0 Å². The third-order valence-corrected chi connectivity index (χ3v) is 8.83. The standard InChI is InChI=1S/C21H32O4/c1-12(22)21(25)18(24)11-17-15-5-4-13-10-14(23)6-8-19(13,2)16(15)7-9-20(17,21)3/h4,14-18,23-25H,5-11H2,1-3H3/t14-,15+,16-,17-,18+,19-,20-,21+/m0/s1. The minimum absolute atomic E-state index is 0.130. The average molecular weight is 348 g/mol. The Morgan fingerprint density at radius 1 is 1.16 bits per heavy atom. The summed E-state index contributed by atoms with van der Waals surface area (Å²) in [5.74, 6) is 0.824. The molecule has 8 atom stereocenters. The van der Waals surface area contributed by atoms with Crippen LogP contribution in [0.1, 0.15) is 65.7 Å². The van der Waals surface area contributed by atoms with Gasteiger partial charge in [-0.1, -0.05) is 25.5 Å². The number of hydrogen-bond donors (Lipinski definition) is 3. The van der Waals surface area contributed by atoms with Crippen LogP contribution in [0.3, 0.4) is 0 Å². The highest BCUT2D eigenvalue weighted by Crippen LogP contribution is 2.67. The lowest BCUT2D eigenvalue weighted by Crippen LogP contribution is -2.59. The normalized spacial score (nSPS) is 55.0. The molecule has 4 nitrogen and oxygen atoms in total. The number of aliphatic hydroxyl groups excluding tert-OH is 2. The largest absolute Gasteiger partial charge is 0.393 e. The fraction of sp³-hybridized carbons (Fsp3) is 0.857. The molecule has 3 saturated carbocycles. The number of allylic oxidation sites excluding steroid dienone is 1. The summed E-state index contributed by atoms with van der Waals surface area (Å²) in [6.07, 6.45) is 7.09. The molecule has 0 bridgehead atoms. The van der Waals surface area contributed by atoms with Crippen LogP contribution in [0.15, 0.2) is 11.6 Å². The molecule has 0 amide bonds. The summed E-state index contributed by atoms with van der Waals surface area (Å²) in [5, 5.41) is 31.9. The van der Waals surface area contributed by atoms with Crippen LogP contribution in [-0.2, 0) is 4.79 Å². The second-order valence-electron chi connectivity index (χ2n) is 9.69. The van der Waals surface area contributed by atoms with Crippen molar-refractivity contribution < 1.29 is 20.1 Å². The Balaban J connectivity index is 1.72. The van der Waals surface area contributed by atoms with Crippen LogP contribution in [0.2, 0.25) is 0 Å². The van der Waals surface area contributed by atoms with E-state index in [1.54, 1.807) is 0 Å². The van der Waals surface area contributed by atoms with E-state index in [2.05, 4.69) is 13.0 Å². The fourth-order valence-electron chi connectivity index (χ4n) is 7.30. The van der Waals surface area contributed by atoms with Crippen LogP contribution in [-0.4, -0.2) is 38.9 Å². The van der Waals surface area contributed by atoms with Gasteiger partial charge >= 0.3 is 0 Å². The topological polar surface area (TPSA) is 77.8 Å². The monoisotopic (exact) mass is 348 g/mol. The highest BCUT2D eigenvalue weighted by molar-refractivity contribution is 5.87. The van der Waals surface area contributed by atoms with Gasteiger partial charge in [0.1, 0.15) is 0 Å². The van der Waals surface area contributed by atoms with E-state index in [9.17, 15) is 20.1 Å². The third-order valence-electron chi connectivity index (χ3n) is 8.83. The van der Waals surface area contributed by atoms with Crippen molar-refractivity contribution >= 4 is 5.78 Å². The Bertz CT molecular complexity index is 627. The van der Waals surface area contributed by atoms with Gasteiger partial charge < -0.3 is 15.3 Å². The van der Waals surface area contributed by atoms with Crippen molar-refractivity contribution in [2.75, 3.05) is 0 Å². The Labute approximate surface area is 150 Å². The maximum Gasteiger partial charge on any atom is 0.164 e. The van der Waals surface area contributed by atoms with Crippen molar-refractivity contribution in [1.29, 1.82) is 0 Å². The molecule has 0 saturated heterocycles. The molecular formula is C21H32O4. The predicted octanol–water partition coefficient (Wildman–Crippen LogP) is 2.60. The number of hydrogen-bond acceptors (Lipinski definition) is 4. The average Bonchev–Trinajstić information content (AvgIpc) is 2.77. The van der Waals surface area contributed by atoms with Gasteiger partial charge in [-0.25, -0.2) is 0 Å². The molecule has 0 heterocycles. The Morgan fingerprint density at radius 2 is 1.88 bits per heavy atom. The molecule has 25 heavy (non-hydrogen) atoms. The Hall–Kier alpha value is -0.710. The zero-order valence-corrected chi connectivity index (χ0v) is 15.7. The number of ketones is 1. The van der Waals surface area contributed by atoms with Crippen molar-refractivity contribution in [1.82, 2.24) is 0 Å². The lowest BCUT2D eigenvalue weighted by atomic mass is 9.46. The molecule has 0 aromatic heterocycles. The Kier molecular flexibility index (Phi) is 3.82. The van der Waals surface area contributed by atoms with Gasteiger partial charge in [0.2, 0.25) is 0 Å². The van der Waals surface area contributed by atoms with Gasteiger partial charge in [-0.2, -0.15) is 0 Å². The van der Waals surface area contributed by atoms with Crippen molar-refractivity contribution in [2.45, 2.75) is 83.5 Å². The molecule has 4 rings (SSSR count). The smallest absolute Gasteiger partial charge is 0.164 e. The van der Waals surface area contributed by atoms with E-state index in [-0.39, 0.29) is 23.2 Å². The third kappa shape index (κ3) is 2.08. The molecule has 0 aromatic carbocycles. The molecule has 0 aromatic rings. The van der Waals surface area contributed by atoms with Crippen LogP contribution in [0.25, 0.3) is 0 Å². The molecule has 0 unspecified atom stereocenters. The second kappa shape index (κ2) is 5.40. The molecule has 3 N–H and O–H groups in total. The highest BCUT2D eigenvalue weighted by atomic mass is 16.4.